The van der Waals surface area contributed by atoms with Gasteiger partial charge < -0.3 is 0 Å². The van der Waals surface area contributed by atoms with Crippen molar-refractivity contribution < 1.29 is 13.3 Å². The molecule has 2 aromatic carbocycles. The highest BCUT2D eigenvalue weighted by Crippen LogP contribution is 2.49. The Hall–Kier alpha value is -2.25. The summed E-state index contributed by atoms with van der Waals surface area (Å²) >= 11 is 0. The first kappa shape index (κ1) is 19.1. The molecule has 0 aromatic heterocycles. The number of hydrogen-bond donors (Lipinski definition) is 0. The smallest absolute Gasteiger partial charge is 0.258 e. The van der Waals surface area contributed by atoms with Crippen LogP contribution in [0.15, 0.2) is 59.5 Å². The van der Waals surface area contributed by atoms with Crippen molar-refractivity contribution in [1.29, 1.82) is 0 Å². The van der Waals surface area contributed by atoms with Gasteiger partial charge in [-0.2, -0.15) is 4.31 Å². The first-order valence-corrected chi connectivity index (χ1v) is 11.2. The lowest BCUT2D eigenvalue weighted by molar-refractivity contribution is -0.384. The molecule has 1 heterocycles. The van der Waals surface area contributed by atoms with E-state index in [0.29, 0.717) is 6.54 Å². The summed E-state index contributed by atoms with van der Waals surface area (Å²) < 4.78 is 28.8. The lowest BCUT2D eigenvalue weighted by atomic mass is 9.78. The van der Waals surface area contributed by atoms with Gasteiger partial charge in [-0.3, -0.25) is 10.1 Å². The van der Waals surface area contributed by atoms with E-state index in [9.17, 15) is 18.5 Å². The molecule has 6 nitrogen and oxygen atoms in total. The maximum absolute atomic E-state index is 13.5. The van der Waals surface area contributed by atoms with Gasteiger partial charge in [-0.25, -0.2) is 8.42 Å². The van der Waals surface area contributed by atoms with E-state index in [1.54, 1.807) is 4.31 Å². The molecule has 1 aliphatic carbocycles. The minimum Gasteiger partial charge on any atom is -0.258 e. The molecule has 0 amide bonds. The highest BCUT2D eigenvalue weighted by Gasteiger charge is 2.51. The number of benzene rings is 2. The van der Waals surface area contributed by atoms with E-state index in [1.807, 2.05) is 18.2 Å². The maximum Gasteiger partial charge on any atom is 0.269 e. The van der Waals surface area contributed by atoms with E-state index in [4.69, 9.17) is 0 Å². The van der Waals surface area contributed by atoms with Crippen LogP contribution in [0.25, 0.3) is 0 Å². The summed E-state index contributed by atoms with van der Waals surface area (Å²) in [5.41, 5.74) is 0.725. The van der Waals surface area contributed by atoms with Gasteiger partial charge in [0, 0.05) is 24.2 Å². The largest absolute Gasteiger partial charge is 0.269 e. The van der Waals surface area contributed by atoms with Crippen LogP contribution in [0.2, 0.25) is 0 Å². The Morgan fingerprint density at radius 2 is 1.61 bits per heavy atom. The average molecular weight is 401 g/mol. The van der Waals surface area contributed by atoms with Crippen molar-refractivity contribution in [3.63, 3.8) is 0 Å². The predicted molar refractivity (Wildman–Crippen MR) is 107 cm³/mol. The summed E-state index contributed by atoms with van der Waals surface area (Å²) in [4.78, 5) is 10.5. The molecular weight excluding hydrogens is 376 g/mol. The van der Waals surface area contributed by atoms with E-state index >= 15 is 0 Å². The number of rotatable bonds is 4. The second-order valence-corrected chi connectivity index (χ2v) is 9.75. The van der Waals surface area contributed by atoms with E-state index in [0.717, 1.165) is 38.5 Å². The van der Waals surface area contributed by atoms with Gasteiger partial charge in [-0.15, -0.1) is 0 Å². The van der Waals surface area contributed by atoms with Crippen molar-refractivity contribution in [1.82, 2.24) is 4.31 Å². The Morgan fingerprint density at radius 1 is 0.964 bits per heavy atom. The number of nitro groups is 1. The molecule has 0 bridgehead atoms. The zero-order valence-electron chi connectivity index (χ0n) is 15.7. The summed E-state index contributed by atoms with van der Waals surface area (Å²) in [6, 6.07) is 15.4. The maximum atomic E-state index is 13.5. The van der Waals surface area contributed by atoms with Crippen molar-refractivity contribution in [2.45, 2.75) is 54.9 Å². The van der Waals surface area contributed by atoms with Gasteiger partial charge in [-0.05, 0) is 42.9 Å². The molecule has 2 aromatic rings. The van der Waals surface area contributed by atoms with Crippen molar-refractivity contribution in [2.24, 2.45) is 0 Å². The molecule has 2 aliphatic rings. The van der Waals surface area contributed by atoms with Gasteiger partial charge in [0.1, 0.15) is 0 Å². The molecule has 148 valence electrons. The molecule has 4 rings (SSSR count). The molecular formula is C21H24N2O4S. The van der Waals surface area contributed by atoms with E-state index < -0.39 is 14.9 Å². The number of non-ortho nitro benzene ring substituents is 1. The molecule has 1 aliphatic heterocycles. The standard InChI is InChI=1S/C21H24N2O4S/c24-23(25)19-9-11-20(12-10-19)28(26,27)22-16-18(17-7-3-1-4-8-17)15-21(22)13-5-2-6-14-21/h1,3-4,7-12,18H,2,5-6,13-16H2. The molecule has 1 unspecified atom stereocenters. The molecule has 1 saturated heterocycles. The second kappa shape index (κ2) is 7.29. The highest BCUT2D eigenvalue weighted by molar-refractivity contribution is 7.89. The summed E-state index contributed by atoms with van der Waals surface area (Å²) in [5, 5.41) is 10.9. The van der Waals surface area contributed by atoms with Gasteiger partial charge in [0.05, 0.1) is 9.82 Å². The summed E-state index contributed by atoms with van der Waals surface area (Å²) in [6.07, 6.45) is 5.80. The first-order chi connectivity index (χ1) is 13.4. The first-order valence-electron chi connectivity index (χ1n) is 9.75. The van der Waals surface area contributed by atoms with Crippen LogP contribution in [0.1, 0.15) is 50.0 Å². The minimum atomic E-state index is -3.72. The van der Waals surface area contributed by atoms with E-state index in [2.05, 4.69) is 12.1 Å². The highest BCUT2D eigenvalue weighted by atomic mass is 32.2. The predicted octanol–water partition coefficient (Wildman–Crippen LogP) is 4.48. The third-order valence-corrected chi connectivity index (χ3v) is 8.22. The zero-order chi connectivity index (χ0) is 19.8. The number of nitrogens with zero attached hydrogens (tertiary/aromatic N) is 2. The van der Waals surface area contributed by atoms with Gasteiger partial charge >= 0.3 is 0 Å². The molecule has 1 atom stereocenters. The van der Waals surface area contributed by atoms with Crippen LogP contribution in [0.4, 0.5) is 5.69 Å². The van der Waals surface area contributed by atoms with Crippen molar-refractivity contribution >= 4 is 15.7 Å². The minimum absolute atomic E-state index is 0.102. The molecule has 0 radical (unpaired) electrons. The van der Waals surface area contributed by atoms with E-state index in [-0.39, 0.29) is 22.0 Å². The molecule has 0 N–H and O–H groups in total. The number of hydrogen-bond acceptors (Lipinski definition) is 4. The van der Waals surface area contributed by atoms with Crippen LogP contribution < -0.4 is 0 Å². The molecule has 28 heavy (non-hydrogen) atoms. The Bertz CT molecular complexity index is 952. The lowest BCUT2D eigenvalue weighted by Gasteiger charge is -2.40. The van der Waals surface area contributed by atoms with Crippen LogP contribution in [0, 0.1) is 10.1 Å². The lowest BCUT2D eigenvalue weighted by Crippen LogP contribution is -2.48. The fraction of sp³-hybridized carbons (Fsp3) is 0.429. The van der Waals surface area contributed by atoms with Crippen LogP contribution in [0.3, 0.4) is 0 Å². The molecule has 2 fully saturated rings. The fourth-order valence-electron chi connectivity index (χ4n) is 4.85. The van der Waals surface area contributed by atoms with Crippen LogP contribution in [-0.2, 0) is 10.0 Å². The Morgan fingerprint density at radius 3 is 2.21 bits per heavy atom. The average Bonchev–Trinajstić information content (AvgIpc) is 3.08. The van der Waals surface area contributed by atoms with Gasteiger partial charge in [0.15, 0.2) is 0 Å². The topological polar surface area (TPSA) is 80.5 Å². The normalized spacial score (nSPS) is 22.4. The summed E-state index contributed by atoms with van der Waals surface area (Å²) in [6.45, 7) is 0.462. The van der Waals surface area contributed by atoms with Gasteiger partial charge in [0.25, 0.3) is 5.69 Å². The third-order valence-electron chi connectivity index (χ3n) is 6.23. The second-order valence-electron chi connectivity index (χ2n) is 7.88. The van der Waals surface area contributed by atoms with E-state index in [1.165, 1.54) is 29.8 Å². The van der Waals surface area contributed by atoms with Crippen LogP contribution >= 0.6 is 0 Å². The number of sulfonamides is 1. The fourth-order valence-corrected chi connectivity index (χ4v) is 6.73. The zero-order valence-corrected chi connectivity index (χ0v) is 16.5. The molecule has 7 heteroatoms. The monoisotopic (exact) mass is 400 g/mol. The SMILES string of the molecule is O=[N+]([O-])c1ccc(S(=O)(=O)N2CC(c3ccccc3)CC23CCCCC3)cc1. The Balaban J connectivity index is 1.71. The summed E-state index contributed by atoms with van der Waals surface area (Å²) in [7, 11) is -3.72. The Labute approximate surface area is 165 Å². The van der Waals surface area contributed by atoms with Gasteiger partial charge in [-0.1, -0.05) is 49.6 Å². The quantitative estimate of drug-likeness (QED) is 0.560. The van der Waals surface area contributed by atoms with Crippen molar-refractivity contribution in [2.75, 3.05) is 6.54 Å². The molecule has 1 saturated carbocycles. The molecule has 1 spiro atoms. The van der Waals surface area contributed by atoms with Crippen molar-refractivity contribution in [3.8, 4) is 0 Å². The van der Waals surface area contributed by atoms with Crippen LogP contribution in [-0.4, -0.2) is 29.7 Å². The van der Waals surface area contributed by atoms with Crippen LogP contribution in [0.5, 0.6) is 0 Å². The van der Waals surface area contributed by atoms with Crippen molar-refractivity contribution in [3.05, 3.63) is 70.3 Å². The number of nitro benzene ring substituents is 1. The Kier molecular flexibility index (Phi) is 4.97. The summed E-state index contributed by atoms with van der Waals surface area (Å²) in [5.74, 6) is 0.173. The third kappa shape index (κ3) is 3.33. The van der Waals surface area contributed by atoms with Gasteiger partial charge in [0.2, 0.25) is 10.0 Å².